The fraction of sp³-hybridized carbons (Fsp3) is 0.182. The van der Waals surface area contributed by atoms with Gasteiger partial charge < -0.3 is 5.32 Å². The SMILES string of the molecule is CC(SCc1ccccc1)C(=O)Nc1cnn(CN2C(=O)c3ccccc3C2=O)c1. The number of carbonyl (C=O) groups is 3. The Labute approximate surface area is 178 Å². The number of anilines is 1. The molecule has 0 radical (unpaired) electrons. The summed E-state index contributed by atoms with van der Waals surface area (Å²) < 4.78 is 1.46. The molecule has 1 aliphatic rings. The third-order valence-corrected chi connectivity index (χ3v) is 5.99. The maximum atomic E-state index is 12.5. The van der Waals surface area contributed by atoms with E-state index < -0.39 is 0 Å². The van der Waals surface area contributed by atoms with Gasteiger partial charge in [0.05, 0.1) is 34.5 Å². The van der Waals surface area contributed by atoms with E-state index in [4.69, 9.17) is 0 Å². The molecule has 152 valence electrons. The number of nitrogens with zero attached hydrogens (tertiary/aromatic N) is 3. The first kappa shape index (κ1) is 19.9. The van der Waals surface area contributed by atoms with E-state index in [-0.39, 0.29) is 29.6 Å². The lowest BCUT2D eigenvalue weighted by atomic mass is 10.1. The van der Waals surface area contributed by atoms with E-state index in [1.165, 1.54) is 10.9 Å². The van der Waals surface area contributed by atoms with Crippen molar-refractivity contribution in [1.82, 2.24) is 14.7 Å². The standard InChI is InChI=1S/C22H20N4O3S/c1-15(30-13-16-7-3-2-4-8-16)20(27)24-17-11-23-25(12-17)14-26-21(28)18-9-5-6-10-19(18)22(26)29/h2-12,15H,13-14H2,1H3,(H,24,27). The van der Waals surface area contributed by atoms with Gasteiger partial charge in [-0.1, -0.05) is 42.5 Å². The number of hydrogen-bond acceptors (Lipinski definition) is 5. The predicted molar refractivity (Wildman–Crippen MR) is 115 cm³/mol. The second kappa shape index (κ2) is 8.54. The summed E-state index contributed by atoms with van der Waals surface area (Å²) in [6, 6.07) is 16.7. The second-order valence-electron chi connectivity index (χ2n) is 6.92. The van der Waals surface area contributed by atoms with Gasteiger partial charge in [0.15, 0.2) is 0 Å². The molecule has 0 saturated carbocycles. The quantitative estimate of drug-likeness (QED) is 0.592. The first-order chi connectivity index (χ1) is 14.5. The first-order valence-electron chi connectivity index (χ1n) is 9.47. The van der Waals surface area contributed by atoms with E-state index in [0.717, 1.165) is 16.2 Å². The van der Waals surface area contributed by atoms with Crippen LogP contribution in [0.15, 0.2) is 67.0 Å². The van der Waals surface area contributed by atoms with E-state index in [1.807, 2.05) is 37.3 Å². The van der Waals surface area contributed by atoms with Crippen LogP contribution >= 0.6 is 11.8 Å². The van der Waals surface area contributed by atoms with E-state index in [0.29, 0.717) is 16.8 Å². The molecular formula is C22H20N4O3S. The summed E-state index contributed by atoms with van der Waals surface area (Å²) in [5, 5.41) is 6.75. The van der Waals surface area contributed by atoms with Crippen LogP contribution in [0.4, 0.5) is 5.69 Å². The molecule has 1 unspecified atom stereocenters. The zero-order chi connectivity index (χ0) is 21.1. The average molecular weight is 420 g/mol. The van der Waals surface area contributed by atoms with E-state index >= 15 is 0 Å². The summed E-state index contributed by atoms with van der Waals surface area (Å²) >= 11 is 1.55. The molecule has 1 N–H and O–H groups in total. The Balaban J connectivity index is 1.34. The Morgan fingerprint density at radius 3 is 2.33 bits per heavy atom. The van der Waals surface area contributed by atoms with Gasteiger partial charge in [-0.15, -0.1) is 11.8 Å². The topological polar surface area (TPSA) is 84.3 Å². The van der Waals surface area contributed by atoms with Crippen LogP contribution in [-0.2, 0) is 17.2 Å². The molecule has 0 saturated heterocycles. The Kier molecular flexibility index (Phi) is 5.67. The van der Waals surface area contributed by atoms with Crippen LogP contribution in [0.2, 0.25) is 0 Å². The molecule has 3 aromatic rings. The largest absolute Gasteiger partial charge is 0.322 e. The number of amides is 3. The van der Waals surface area contributed by atoms with Crippen molar-refractivity contribution in [3.63, 3.8) is 0 Å². The molecule has 4 rings (SSSR count). The van der Waals surface area contributed by atoms with Gasteiger partial charge in [-0.3, -0.25) is 24.0 Å². The average Bonchev–Trinajstić information content (AvgIpc) is 3.31. The first-order valence-corrected chi connectivity index (χ1v) is 10.5. The van der Waals surface area contributed by atoms with Gasteiger partial charge >= 0.3 is 0 Å². The van der Waals surface area contributed by atoms with Crippen LogP contribution < -0.4 is 5.32 Å². The van der Waals surface area contributed by atoms with Gasteiger partial charge in [0.2, 0.25) is 5.91 Å². The Bertz CT molecular complexity index is 1060. The smallest absolute Gasteiger partial charge is 0.263 e. The van der Waals surface area contributed by atoms with Gasteiger partial charge in [-0.05, 0) is 24.6 Å². The van der Waals surface area contributed by atoms with Crippen LogP contribution in [0.5, 0.6) is 0 Å². The van der Waals surface area contributed by atoms with Crippen LogP contribution in [0.3, 0.4) is 0 Å². The molecule has 30 heavy (non-hydrogen) atoms. The van der Waals surface area contributed by atoms with E-state index in [1.54, 1.807) is 42.2 Å². The molecule has 1 aliphatic heterocycles. The van der Waals surface area contributed by atoms with E-state index in [9.17, 15) is 14.4 Å². The highest BCUT2D eigenvalue weighted by atomic mass is 32.2. The van der Waals surface area contributed by atoms with Crippen molar-refractivity contribution in [2.24, 2.45) is 0 Å². The number of imide groups is 1. The van der Waals surface area contributed by atoms with Gasteiger partial charge in [-0.2, -0.15) is 5.10 Å². The van der Waals surface area contributed by atoms with E-state index in [2.05, 4.69) is 10.4 Å². The number of benzene rings is 2. The highest BCUT2D eigenvalue weighted by molar-refractivity contribution is 7.99. The summed E-state index contributed by atoms with van der Waals surface area (Å²) in [5.74, 6) is -0.0736. The maximum Gasteiger partial charge on any atom is 0.263 e. The minimum absolute atomic E-state index is 0.0134. The lowest BCUT2D eigenvalue weighted by molar-refractivity contribution is -0.115. The van der Waals surface area contributed by atoms with Crippen LogP contribution in [0, 0.1) is 0 Å². The lowest BCUT2D eigenvalue weighted by Crippen LogP contribution is -2.32. The summed E-state index contributed by atoms with van der Waals surface area (Å²) in [6.45, 7) is 1.84. The van der Waals surface area contributed by atoms with Crippen molar-refractivity contribution in [2.45, 2.75) is 24.6 Å². The molecular weight excluding hydrogens is 400 g/mol. The normalized spacial score (nSPS) is 14.0. The van der Waals surface area contributed by atoms with Crippen molar-refractivity contribution in [3.05, 3.63) is 83.7 Å². The summed E-state index contributed by atoms with van der Waals surface area (Å²) in [6.07, 6.45) is 3.11. The van der Waals surface area contributed by atoms with Crippen molar-refractivity contribution >= 4 is 35.2 Å². The summed E-state index contributed by atoms with van der Waals surface area (Å²) in [5.41, 5.74) is 2.47. The third-order valence-electron chi connectivity index (χ3n) is 4.78. The summed E-state index contributed by atoms with van der Waals surface area (Å²) in [4.78, 5) is 38.5. The summed E-state index contributed by atoms with van der Waals surface area (Å²) in [7, 11) is 0. The number of thioether (sulfide) groups is 1. The molecule has 0 fully saturated rings. The lowest BCUT2D eigenvalue weighted by Gasteiger charge is -2.13. The van der Waals surface area contributed by atoms with Crippen molar-refractivity contribution in [3.8, 4) is 0 Å². The molecule has 0 bridgehead atoms. The number of fused-ring (bicyclic) bond motifs is 1. The Hall–Kier alpha value is -3.39. The fourth-order valence-electron chi connectivity index (χ4n) is 3.13. The zero-order valence-corrected chi connectivity index (χ0v) is 17.1. The fourth-order valence-corrected chi connectivity index (χ4v) is 3.98. The van der Waals surface area contributed by atoms with Gasteiger partial charge in [-0.25, -0.2) is 0 Å². The molecule has 1 atom stereocenters. The second-order valence-corrected chi connectivity index (χ2v) is 8.25. The number of hydrogen-bond donors (Lipinski definition) is 1. The van der Waals surface area contributed by atoms with Gasteiger partial charge in [0.25, 0.3) is 11.8 Å². The van der Waals surface area contributed by atoms with Gasteiger partial charge in [0, 0.05) is 5.75 Å². The minimum atomic E-state index is -0.345. The molecule has 2 heterocycles. The van der Waals surface area contributed by atoms with Gasteiger partial charge in [0.1, 0.15) is 6.67 Å². The number of nitrogens with one attached hydrogen (secondary N) is 1. The third kappa shape index (κ3) is 4.13. The molecule has 3 amide bonds. The van der Waals surface area contributed by atoms with Crippen molar-refractivity contribution in [1.29, 1.82) is 0 Å². The van der Waals surface area contributed by atoms with Crippen LogP contribution in [0.1, 0.15) is 33.2 Å². The molecule has 0 spiro atoms. The molecule has 7 nitrogen and oxygen atoms in total. The highest BCUT2D eigenvalue weighted by Gasteiger charge is 2.35. The Morgan fingerprint density at radius 2 is 1.67 bits per heavy atom. The highest BCUT2D eigenvalue weighted by Crippen LogP contribution is 2.23. The van der Waals surface area contributed by atoms with Crippen molar-refractivity contribution in [2.75, 3.05) is 5.32 Å². The molecule has 0 aliphatic carbocycles. The van der Waals surface area contributed by atoms with Crippen molar-refractivity contribution < 1.29 is 14.4 Å². The molecule has 8 heteroatoms. The number of rotatable bonds is 7. The molecule has 1 aromatic heterocycles. The monoisotopic (exact) mass is 420 g/mol. The van der Waals surface area contributed by atoms with Crippen LogP contribution in [-0.4, -0.2) is 37.7 Å². The minimum Gasteiger partial charge on any atom is -0.322 e. The molecule has 2 aromatic carbocycles. The zero-order valence-electron chi connectivity index (χ0n) is 16.3. The maximum absolute atomic E-state index is 12.5. The number of aromatic nitrogens is 2. The predicted octanol–water partition coefficient (Wildman–Crippen LogP) is 3.40. The number of carbonyl (C=O) groups excluding carboxylic acids is 3. The Morgan fingerprint density at radius 1 is 1.03 bits per heavy atom. The van der Waals surface area contributed by atoms with Crippen LogP contribution in [0.25, 0.3) is 0 Å².